The monoisotopic (exact) mass is 480 g/mol. The minimum atomic E-state index is -1.35. The Labute approximate surface area is 199 Å². The molecule has 1 fully saturated rings. The molecule has 0 N–H and O–H groups in total. The number of aryl methyl sites for hydroxylation is 2. The highest BCUT2D eigenvalue weighted by Gasteiger charge is 2.53. The van der Waals surface area contributed by atoms with E-state index in [2.05, 4.69) is 4.98 Å². The Balaban J connectivity index is 1.83. The third kappa shape index (κ3) is 4.14. The number of amides is 1. The number of benzene rings is 2. The van der Waals surface area contributed by atoms with Gasteiger partial charge in [-0.15, -0.1) is 0 Å². The van der Waals surface area contributed by atoms with Crippen molar-refractivity contribution in [2.45, 2.75) is 26.8 Å². The molecule has 3 aromatic rings. The third-order valence-electron chi connectivity index (χ3n) is 5.59. The van der Waals surface area contributed by atoms with E-state index in [9.17, 15) is 23.6 Å². The molecule has 2 unspecified atom stereocenters. The summed E-state index contributed by atoms with van der Waals surface area (Å²) < 4.78 is 18.7. The molecule has 174 valence electrons. The van der Waals surface area contributed by atoms with E-state index in [4.69, 9.17) is 4.74 Å². The molecule has 0 aliphatic carbocycles. The van der Waals surface area contributed by atoms with E-state index < -0.39 is 41.2 Å². The van der Waals surface area contributed by atoms with Crippen LogP contribution in [-0.4, -0.2) is 35.0 Å². The maximum atomic E-state index is 13.6. The van der Waals surface area contributed by atoms with Gasteiger partial charge in [0.05, 0.1) is 18.3 Å². The number of Topliss-reactive ketones (excluding diaryl/α,β-unsaturated/α-hetero) is 2. The van der Waals surface area contributed by atoms with Crippen molar-refractivity contribution in [1.82, 2.24) is 4.98 Å². The number of carbonyl (C=O) groups excluding carboxylic acids is 4. The summed E-state index contributed by atoms with van der Waals surface area (Å²) in [7, 11) is 0. The van der Waals surface area contributed by atoms with Crippen molar-refractivity contribution in [1.29, 1.82) is 0 Å². The zero-order valence-electron chi connectivity index (χ0n) is 18.7. The smallest absolute Gasteiger partial charge is 0.350 e. The van der Waals surface area contributed by atoms with Crippen molar-refractivity contribution in [2.24, 2.45) is 5.92 Å². The molecule has 0 bridgehead atoms. The number of carbonyl (C=O) groups is 4. The van der Waals surface area contributed by atoms with Gasteiger partial charge in [0.15, 0.2) is 10.9 Å². The second-order valence-corrected chi connectivity index (χ2v) is 8.85. The van der Waals surface area contributed by atoms with E-state index in [-0.39, 0.29) is 22.2 Å². The van der Waals surface area contributed by atoms with E-state index >= 15 is 0 Å². The molecule has 34 heavy (non-hydrogen) atoms. The molecule has 1 amide bonds. The first-order valence-corrected chi connectivity index (χ1v) is 11.4. The van der Waals surface area contributed by atoms with Crippen molar-refractivity contribution >= 4 is 39.9 Å². The van der Waals surface area contributed by atoms with Crippen LogP contribution in [0.25, 0.3) is 0 Å². The van der Waals surface area contributed by atoms with Crippen LogP contribution < -0.4 is 4.90 Å². The molecule has 4 rings (SSSR count). The maximum absolute atomic E-state index is 13.6. The standard InChI is InChI=1S/C25H21FN2O5S/c1-4-33-24(32)22-14(3)27-25(34-22)28-19(15-9-11-17(26)12-10-15)18(21(30)23(28)31)20(29)16-7-5-13(2)6-8-16/h5-12,18-19H,4H2,1-3H3. The van der Waals surface area contributed by atoms with Crippen LogP contribution in [0.2, 0.25) is 0 Å². The highest BCUT2D eigenvalue weighted by atomic mass is 32.1. The van der Waals surface area contributed by atoms with Crippen LogP contribution in [0.15, 0.2) is 48.5 Å². The van der Waals surface area contributed by atoms with Crippen LogP contribution in [0.1, 0.15) is 49.8 Å². The maximum Gasteiger partial charge on any atom is 0.350 e. The molecule has 2 aromatic carbocycles. The molecule has 0 saturated carbocycles. The van der Waals surface area contributed by atoms with Gasteiger partial charge in [-0.2, -0.15) is 0 Å². The van der Waals surface area contributed by atoms with E-state index in [1.165, 1.54) is 24.3 Å². The summed E-state index contributed by atoms with van der Waals surface area (Å²) in [5.74, 6) is -4.76. The number of esters is 1. The number of thiazole rings is 1. The topological polar surface area (TPSA) is 93.6 Å². The van der Waals surface area contributed by atoms with E-state index in [1.54, 1.807) is 38.1 Å². The predicted molar refractivity (Wildman–Crippen MR) is 123 cm³/mol. The Morgan fingerprint density at radius 1 is 1.06 bits per heavy atom. The molecule has 2 atom stereocenters. The normalized spacial score (nSPS) is 17.8. The first-order valence-electron chi connectivity index (χ1n) is 10.6. The Morgan fingerprint density at radius 2 is 1.71 bits per heavy atom. The number of anilines is 1. The van der Waals surface area contributed by atoms with Gasteiger partial charge in [0.25, 0.3) is 5.91 Å². The summed E-state index contributed by atoms with van der Waals surface area (Å²) in [6.07, 6.45) is 0. The van der Waals surface area contributed by atoms with Gasteiger partial charge in [-0.1, -0.05) is 53.3 Å². The van der Waals surface area contributed by atoms with Crippen molar-refractivity contribution in [3.05, 3.63) is 81.6 Å². The predicted octanol–water partition coefficient (Wildman–Crippen LogP) is 4.23. The van der Waals surface area contributed by atoms with E-state index in [1.807, 2.05) is 6.92 Å². The Bertz CT molecular complexity index is 1280. The lowest BCUT2D eigenvalue weighted by Gasteiger charge is -2.25. The highest BCUT2D eigenvalue weighted by Crippen LogP contribution is 2.43. The fourth-order valence-electron chi connectivity index (χ4n) is 3.91. The van der Waals surface area contributed by atoms with Crippen LogP contribution in [-0.2, 0) is 14.3 Å². The first-order chi connectivity index (χ1) is 16.2. The van der Waals surface area contributed by atoms with Crippen molar-refractivity contribution in [3.63, 3.8) is 0 Å². The van der Waals surface area contributed by atoms with Crippen LogP contribution >= 0.6 is 11.3 Å². The number of halogens is 1. The van der Waals surface area contributed by atoms with Gasteiger partial charge < -0.3 is 4.74 Å². The lowest BCUT2D eigenvalue weighted by atomic mass is 9.86. The zero-order valence-corrected chi connectivity index (χ0v) is 19.5. The molecule has 0 radical (unpaired) electrons. The average Bonchev–Trinajstić information content (AvgIpc) is 3.31. The Hall–Kier alpha value is -3.72. The summed E-state index contributed by atoms with van der Waals surface area (Å²) in [5, 5.41) is 0.0902. The molecule has 1 saturated heterocycles. The minimum Gasteiger partial charge on any atom is -0.462 e. The summed E-state index contributed by atoms with van der Waals surface area (Å²) >= 11 is 0.906. The Kier molecular flexibility index (Phi) is 6.39. The van der Waals surface area contributed by atoms with Gasteiger partial charge in [0, 0.05) is 5.56 Å². The quantitative estimate of drug-likeness (QED) is 0.227. The fraction of sp³-hybridized carbons (Fsp3) is 0.240. The third-order valence-corrected chi connectivity index (χ3v) is 6.73. The number of rotatable bonds is 6. The minimum absolute atomic E-state index is 0.0902. The fourth-order valence-corrected chi connectivity index (χ4v) is 4.90. The number of ether oxygens (including phenoxy) is 1. The van der Waals surface area contributed by atoms with Crippen molar-refractivity contribution in [2.75, 3.05) is 11.5 Å². The lowest BCUT2D eigenvalue weighted by molar-refractivity contribution is -0.135. The molecule has 1 aromatic heterocycles. The van der Waals surface area contributed by atoms with Crippen LogP contribution in [0.4, 0.5) is 9.52 Å². The molecule has 1 aliphatic heterocycles. The van der Waals surface area contributed by atoms with Gasteiger partial charge >= 0.3 is 5.97 Å². The summed E-state index contributed by atoms with van der Waals surface area (Å²) in [5.41, 5.74) is 1.96. The molecular weight excluding hydrogens is 459 g/mol. The Morgan fingerprint density at radius 3 is 2.32 bits per heavy atom. The zero-order chi connectivity index (χ0) is 24.6. The molecular formula is C25H21FN2O5S. The number of aromatic nitrogens is 1. The number of hydrogen-bond acceptors (Lipinski definition) is 7. The first kappa shape index (κ1) is 23.4. The molecule has 0 spiro atoms. The number of nitrogens with zero attached hydrogens (tertiary/aromatic N) is 2. The second kappa shape index (κ2) is 9.26. The van der Waals surface area contributed by atoms with Crippen molar-refractivity contribution < 1.29 is 28.3 Å². The molecule has 1 aliphatic rings. The number of hydrogen-bond donors (Lipinski definition) is 0. The van der Waals surface area contributed by atoms with Crippen LogP contribution in [0.3, 0.4) is 0 Å². The van der Waals surface area contributed by atoms with E-state index in [0.29, 0.717) is 11.3 Å². The highest BCUT2D eigenvalue weighted by molar-refractivity contribution is 7.17. The van der Waals surface area contributed by atoms with E-state index in [0.717, 1.165) is 21.8 Å². The van der Waals surface area contributed by atoms with Gasteiger partial charge in [0.1, 0.15) is 16.6 Å². The summed E-state index contributed by atoms with van der Waals surface area (Å²) in [4.78, 5) is 57.7. The summed E-state index contributed by atoms with van der Waals surface area (Å²) in [6, 6.07) is 10.9. The van der Waals surface area contributed by atoms with Crippen LogP contribution in [0.5, 0.6) is 0 Å². The van der Waals surface area contributed by atoms with Crippen LogP contribution in [0, 0.1) is 25.6 Å². The van der Waals surface area contributed by atoms with Gasteiger partial charge in [-0.3, -0.25) is 19.3 Å². The van der Waals surface area contributed by atoms with Gasteiger partial charge in [-0.05, 0) is 38.5 Å². The molecule has 7 nitrogen and oxygen atoms in total. The second-order valence-electron chi connectivity index (χ2n) is 7.88. The molecule has 2 heterocycles. The van der Waals surface area contributed by atoms with Gasteiger partial charge in [0.2, 0.25) is 5.78 Å². The number of ketones is 2. The SMILES string of the molecule is CCOC(=O)c1sc(N2C(=O)C(=O)C(C(=O)c3ccc(C)cc3)C2c2ccc(F)cc2)nc1C. The average molecular weight is 481 g/mol. The lowest BCUT2D eigenvalue weighted by Crippen LogP contribution is -2.30. The summed E-state index contributed by atoms with van der Waals surface area (Å²) in [6.45, 7) is 5.30. The van der Waals surface area contributed by atoms with Gasteiger partial charge in [-0.25, -0.2) is 14.2 Å². The molecule has 9 heteroatoms. The largest absolute Gasteiger partial charge is 0.462 e. The van der Waals surface area contributed by atoms with Crippen molar-refractivity contribution in [3.8, 4) is 0 Å².